The van der Waals surface area contributed by atoms with Crippen molar-refractivity contribution < 1.29 is 22.7 Å². The summed E-state index contributed by atoms with van der Waals surface area (Å²) in [6.07, 6.45) is 1.49. The molecule has 1 atom stereocenters. The topological polar surface area (TPSA) is 117 Å². The molecule has 1 aliphatic rings. The number of amides is 1. The molecule has 2 aromatic carbocycles. The van der Waals surface area contributed by atoms with Crippen LogP contribution in [-0.4, -0.2) is 43.8 Å². The van der Waals surface area contributed by atoms with E-state index in [9.17, 15) is 18.0 Å². The highest BCUT2D eigenvalue weighted by atomic mass is 32.2. The summed E-state index contributed by atoms with van der Waals surface area (Å²) in [5.41, 5.74) is 1.42. The number of hydrogen-bond donors (Lipinski definition) is 1. The number of piperidine rings is 1. The number of aryl methyl sites for hydroxylation is 1. The number of hydrogen-bond acceptors (Lipinski definition) is 6. The van der Waals surface area contributed by atoms with Crippen molar-refractivity contribution in [2.24, 2.45) is 0 Å². The zero-order valence-corrected chi connectivity index (χ0v) is 18.8. The standard InChI is InChI=1S/C23H25N3O5S/c1-16-9-10-20(32(29,30)26-11-4-3-5-12-26)14-21(16)23(28)31-17(2)22(27)25-19-8-6-7-18(13-19)15-24/h6-10,13-14,17H,3-5,11-12H2,1-2H3,(H,25,27)/t17-/m0/s1. The van der Waals surface area contributed by atoms with Gasteiger partial charge in [-0.1, -0.05) is 18.6 Å². The largest absolute Gasteiger partial charge is 0.449 e. The van der Waals surface area contributed by atoms with Gasteiger partial charge in [-0.05, 0) is 62.6 Å². The number of carbonyl (C=O) groups excluding carboxylic acids is 2. The highest BCUT2D eigenvalue weighted by Gasteiger charge is 2.28. The Bertz CT molecular complexity index is 1160. The summed E-state index contributed by atoms with van der Waals surface area (Å²) in [6.45, 7) is 4.01. The maximum atomic E-state index is 12.9. The fourth-order valence-electron chi connectivity index (χ4n) is 3.42. The van der Waals surface area contributed by atoms with Gasteiger partial charge in [-0.2, -0.15) is 9.57 Å². The van der Waals surface area contributed by atoms with Crippen LogP contribution in [0.3, 0.4) is 0 Å². The minimum atomic E-state index is -3.71. The Labute approximate surface area is 187 Å². The molecule has 0 radical (unpaired) electrons. The zero-order chi connectivity index (χ0) is 23.3. The Hall–Kier alpha value is -3.22. The number of nitriles is 1. The molecule has 8 nitrogen and oxygen atoms in total. The first-order chi connectivity index (χ1) is 15.2. The van der Waals surface area contributed by atoms with Gasteiger partial charge in [0, 0.05) is 18.8 Å². The van der Waals surface area contributed by atoms with Crippen molar-refractivity contribution in [3.63, 3.8) is 0 Å². The maximum absolute atomic E-state index is 12.9. The number of benzene rings is 2. The first kappa shape index (κ1) is 23.4. The van der Waals surface area contributed by atoms with Gasteiger partial charge in [0.25, 0.3) is 5.91 Å². The van der Waals surface area contributed by atoms with E-state index in [0.717, 1.165) is 19.3 Å². The van der Waals surface area contributed by atoms with Gasteiger partial charge in [0.15, 0.2) is 6.10 Å². The van der Waals surface area contributed by atoms with E-state index in [0.29, 0.717) is 29.9 Å². The Kier molecular flexibility index (Phi) is 7.28. The van der Waals surface area contributed by atoms with Gasteiger partial charge in [0.1, 0.15) is 0 Å². The SMILES string of the molecule is Cc1ccc(S(=O)(=O)N2CCCCC2)cc1C(=O)O[C@@H](C)C(=O)Nc1cccc(C#N)c1. The zero-order valence-electron chi connectivity index (χ0n) is 18.0. The van der Waals surface area contributed by atoms with Crippen LogP contribution in [-0.2, 0) is 19.6 Å². The lowest BCUT2D eigenvalue weighted by atomic mass is 10.1. The minimum absolute atomic E-state index is 0.0300. The van der Waals surface area contributed by atoms with Gasteiger partial charge < -0.3 is 10.1 Å². The lowest BCUT2D eigenvalue weighted by Crippen LogP contribution is -2.35. The highest BCUT2D eigenvalue weighted by Crippen LogP contribution is 2.23. The number of esters is 1. The van der Waals surface area contributed by atoms with Crippen molar-refractivity contribution >= 4 is 27.6 Å². The van der Waals surface area contributed by atoms with Crippen molar-refractivity contribution in [2.75, 3.05) is 18.4 Å². The molecule has 9 heteroatoms. The number of carbonyl (C=O) groups is 2. The second kappa shape index (κ2) is 9.94. The number of nitrogens with one attached hydrogen (secondary N) is 1. The second-order valence-electron chi connectivity index (χ2n) is 7.67. The van der Waals surface area contributed by atoms with Gasteiger partial charge >= 0.3 is 5.97 Å². The molecule has 2 aromatic rings. The molecule has 1 saturated heterocycles. The summed E-state index contributed by atoms with van der Waals surface area (Å²) < 4.78 is 32.6. The Balaban J connectivity index is 1.73. The van der Waals surface area contributed by atoms with Crippen LogP contribution in [0.1, 0.15) is 47.7 Å². The van der Waals surface area contributed by atoms with E-state index >= 15 is 0 Å². The number of sulfonamides is 1. The van der Waals surface area contributed by atoms with Crippen LogP contribution >= 0.6 is 0 Å². The van der Waals surface area contributed by atoms with Crippen LogP contribution in [0, 0.1) is 18.3 Å². The molecule has 1 aliphatic heterocycles. The summed E-state index contributed by atoms with van der Waals surface area (Å²) in [7, 11) is -3.71. The van der Waals surface area contributed by atoms with E-state index < -0.39 is 28.0 Å². The molecular formula is C23H25N3O5S. The molecular weight excluding hydrogens is 430 g/mol. The molecule has 1 fully saturated rings. The van der Waals surface area contributed by atoms with Gasteiger partial charge in [0.2, 0.25) is 10.0 Å². The smallest absolute Gasteiger partial charge is 0.339 e. The summed E-state index contributed by atoms with van der Waals surface area (Å²) in [5.74, 6) is -1.35. The first-order valence-electron chi connectivity index (χ1n) is 10.3. The third kappa shape index (κ3) is 5.33. The number of rotatable bonds is 6. The van der Waals surface area contributed by atoms with Gasteiger partial charge in [-0.3, -0.25) is 4.79 Å². The molecule has 32 heavy (non-hydrogen) atoms. The number of anilines is 1. The van der Waals surface area contributed by atoms with Crippen molar-refractivity contribution in [1.82, 2.24) is 4.31 Å². The molecule has 0 saturated carbocycles. The molecule has 1 heterocycles. The van der Waals surface area contributed by atoms with E-state index in [-0.39, 0.29) is 10.5 Å². The number of nitrogens with zero attached hydrogens (tertiary/aromatic N) is 2. The summed E-state index contributed by atoms with van der Waals surface area (Å²) >= 11 is 0. The summed E-state index contributed by atoms with van der Waals surface area (Å²) in [5, 5.41) is 11.6. The molecule has 0 unspecified atom stereocenters. The fraction of sp³-hybridized carbons (Fsp3) is 0.348. The van der Waals surface area contributed by atoms with E-state index in [1.54, 1.807) is 31.2 Å². The quantitative estimate of drug-likeness (QED) is 0.669. The average Bonchev–Trinajstić information content (AvgIpc) is 2.79. The summed E-state index contributed by atoms with van der Waals surface area (Å²) in [6, 6.07) is 12.7. The van der Waals surface area contributed by atoms with Crippen molar-refractivity contribution in [1.29, 1.82) is 5.26 Å². The van der Waals surface area contributed by atoms with Crippen LogP contribution in [0.4, 0.5) is 5.69 Å². The molecule has 3 rings (SSSR count). The van der Waals surface area contributed by atoms with Crippen LogP contribution in [0.2, 0.25) is 0 Å². The Morgan fingerprint density at radius 1 is 1.12 bits per heavy atom. The van der Waals surface area contributed by atoms with Crippen LogP contribution in [0.5, 0.6) is 0 Å². The Morgan fingerprint density at radius 2 is 1.84 bits per heavy atom. The highest BCUT2D eigenvalue weighted by molar-refractivity contribution is 7.89. The van der Waals surface area contributed by atoms with Crippen molar-refractivity contribution in [3.05, 3.63) is 59.2 Å². The van der Waals surface area contributed by atoms with Gasteiger partial charge in [0.05, 0.1) is 22.1 Å². The van der Waals surface area contributed by atoms with Gasteiger partial charge in [-0.15, -0.1) is 0 Å². The van der Waals surface area contributed by atoms with E-state index in [1.165, 1.54) is 29.4 Å². The molecule has 168 valence electrons. The van der Waals surface area contributed by atoms with Crippen molar-refractivity contribution in [3.8, 4) is 6.07 Å². The van der Waals surface area contributed by atoms with Crippen molar-refractivity contribution in [2.45, 2.75) is 44.1 Å². The number of ether oxygens (including phenoxy) is 1. The molecule has 0 bridgehead atoms. The van der Waals surface area contributed by atoms with Crippen LogP contribution < -0.4 is 5.32 Å². The molecule has 1 amide bonds. The molecule has 0 aliphatic carbocycles. The third-order valence-corrected chi connectivity index (χ3v) is 7.19. The molecule has 0 spiro atoms. The second-order valence-corrected chi connectivity index (χ2v) is 9.61. The lowest BCUT2D eigenvalue weighted by Gasteiger charge is -2.26. The maximum Gasteiger partial charge on any atom is 0.339 e. The Morgan fingerprint density at radius 3 is 2.53 bits per heavy atom. The van der Waals surface area contributed by atoms with E-state index in [2.05, 4.69) is 5.32 Å². The monoisotopic (exact) mass is 455 g/mol. The molecule has 1 N–H and O–H groups in total. The lowest BCUT2D eigenvalue weighted by molar-refractivity contribution is -0.123. The predicted molar refractivity (Wildman–Crippen MR) is 118 cm³/mol. The van der Waals surface area contributed by atoms with Crippen LogP contribution in [0.15, 0.2) is 47.4 Å². The normalized spacial score (nSPS) is 15.4. The van der Waals surface area contributed by atoms with Gasteiger partial charge in [-0.25, -0.2) is 13.2 Å². The van der Waals surface area contributed by atoms with Crippen LogP contribution in [0.25, 0.3) is 0 Å². The average molecular weight is 456 g/mol. The third-order valence-electron chi connectivity index (χ3n) is 5.29. The fourth-order valence-corrected chi connectivity index (χ4v) is 4.97. The summed E-state index contributed by atoms with van der Waals surface area (Å²) in [4.78, 5) is 25.2. The van der Waals surface area contributed by atoms with E-state index in [1.807, 2.05) is 6.07 Å². The molecule has 0 aromatic heterocycles. The minimum Gasteiger partial charge on any atom is -0.449 e. The predicted octanol–water partition coefficient (Wildman–Crippen LogP) is 3.23. The van der Waals surface area contributed by atoms with E-state index in [4.69, 9.17) is 10.00 Å². The first-order valence-corrected chi connectivity index (χ1v) is 11.8.